The number of rotatable bonds is 20. The summed E-state index contributed by atoms with van der Waals surface area (Å²) in [6.45, 7) is 23.2. The summed E-state index contributed by atoms with van der Waals surface area (Å²) in [5.74, 6) is 2.26. The van der Waals surface area contributed by atoms with E-state index in [-0.39, 0.29) is 23.7 Å². The molecule has 2 atom stereocenters. The lowest BCUT2D eigenvalue weighted by molar-refractivity contribution is -0.130. The number of amides is 1. The Morgan fingerprint density at radius 2 is 1.30 bits per heavy atom. The lowest BCUT2D eigenvalue weighted by atomic mass is 9.96. The van der Waals surface area contributed by atoms with Crippen molar-refractivity contribution >= 4 is 29.9 Å². The molecule has 0 aliphatic rings. The summed E-state index contributed by atoms with van der Waals surface area (Å²) in [5, 5.41) is 2.98. The molecule has 0 bridgehead atoms. The van der Waals surface area contributed by atoms with Crippen LogP contribution in [0.3, 0.4) is 0 Å². The van der Waals surface area contributed by atoms with Gasteiger partial charge in [0.15, 0.2) is 5.78 Å². The highest BCUT2D eigenvalue weighted by Gasteiger charge is 2.22. The minimum atomic E-state index is -0.304. The Hall–Kier alpha value is -1.04. The quantitative estimate of drug-likeness (QED) is 0.121. The molecular formula is C31H67NO4S. The van der Waals surface area contributed by atoms with E-state index in [4.69, 9.17) is 0 Å². The molecule has 0 aromatic heterocycles. The average molecular weight is 550 g/mol. The highest BCUT2D eigenvalue weighted by Crippen LogP contribution is 2.15. The first-order valence-corrected chi connectivity index (χ1v) is 16.6. The number of nitrogens with one attached hydrogen (secondary N) is 1. The maximum Gasteiger partial charge on any atom is 0.293 e. The zero-order valence-corrected chi connectivity index (χ0v) is 27.7. The van der Waals surface area contributed by atoms with Crippen LogP contribution in [-0.4, -0.2) is 42.3 Å². The minimum absolute atomic E-state index is 0.0574. The van der Waals surface area contributed by atoms with Crippen molar-refractivity contribution in [3.8, 4) is 0 Å². The number of hydrogen-bond acceptors (Lipinski definition) is 5. The number of ether oxygens (including phenoxy) is 1. The molecule has 0 aliphatic carbocycles. The Labute approximate surface area is 237 Å². The van der Waals surface area contributed by atoms with Crippen molar-refractivity contribution in [2.24, 2.45) is 5.92 Å². The highest BCUT2D eigenvalue weighted by atomic mass is 32.2. The van der Waals surface area contributed by atoms with Gasteiger partial charge in [-0.2, -0.15) is 11.8 Å². The van der Waals surface area contributed by atoms with Gasteiger partial charge in [-0.1, -0.05) is 114 Å². The summed E-state index contributed by atoms with van der Waals surface area (Å²) < 4.78 is 4.50. The van der Waals surface area contributed by atoms with Crippen LogP contribution >= 0.6 is 11.8 Å². The van der Waals surface area contributed by atoms with Crippen molar-refractivity contribution in [1.82, 2.24) is 5.32 Å². The van der Waals surface area contributed by atoms with Crippen LogP contribution in [0.1, 0.15) is 153 Å². The molecule has 1 amide bonds. The standard InChI is InChI=1S/C18H35NO2S.C7H14O2.3C2H6/c1-5-8-9-10-11-16(7-3)18(21)19-17(15(4)20)12-14-22-13-6-2;1-2-3-4-5-6-9-7-8;3*1-2/h16-17H,5-14H2,1-4H3,(H,19,21);7H,2-6H2,1H3;3*1-2H3. The predicted molar refractivity (Wildman–Crippen MR) is 168 cm³/mol. The van der Waals surface area contributed by atoms with Crippen LogP contribution in [-0.2, 0) is 19.1 Å². The van der Waals surface area contributed by atoms with Crippen LogP contribution in [0.15, 0.2) is 0 Å². The first kappa shape index (κ1) is 45.9. The fourth-order valence-corrected chi connectivity index (χ4v) is 4.01. The highest BCUT2D eigenvalue weighted by molar-refractivity contribution is 7.99. The van der Waals surface area contributed by atoms with E-state index in [2.05, 4.69) is 37.7 Å². The van der Waals surface area contributed by atoms with Gasteiger partial charge in [-0.15, -0.1) is 0 Å². The third-order valence-corrected chi connectivity index (χ3v) is 6.38. The summed E-state index contributed by atoms with van der Waals surface area (Å²) in [6, 6.07) is -0.304. The van der Waals surface area contributed by atoms with Crippen molar-refractivity contribution in [3.63, 3.8) is 0 Å². The Morgan fingerprint density at radius 1 is 0.757 bits per heavy atom. The minimum Gasteiger partial charge on any atom is -0.468 e. The van der Waals surface area contributed by atoms with Gasteiger partial charge in [-0.25, -0.2) is 0 Å². The van der Waals surface area contributed by atoms with Crippen LogP contribution in [0.2, 0.25) is 0 Å². The molecule has 0 saturated heterocycles. The molecule has 5 nitrogen and oxygen atoms in total. The van der Waals surface area contributed by atoms with Gasteiger partial charge >= 0.3 is 0 Å². The van der Waals surface area contributed by atoms with Crippen molar-refractivity contribution in [1.29, 1.82) is 0 Å². The molecule has 2 unspecified atom stereocenters. The Kier molecular flexibility index (Phi) is 55.7. The number of thioether (sulfide) groups is 1. The maximum atomic E-state index is 12.4. The second kappa shape index (κ2) is 44.9. The van der Waals surface area contributed by atoms with Gasteiger partial charge in [-0.05, 0) is 50.5 Å². The average Bonchev–Trinajstić information content (AvgIpc) is 2.94. The topological polar surface area (TPSA) is 72.5 Å². The molecule has 1 N–H and O–H groups in total. The molecule has 0 aromatic carbocycles. The van der Waals surface area contributed by atoms with Crippen molar-refractivity contribution in [2.75, 3.05) is 18.1 Å². The SMILES string of the molecule is CC.CC.CC.CCCCCCC(CC)C(=O)NC(CCSCCC)C(C)=O.CCCCCCOC=O. The summed E-state index contributed by atoms with van der Waals surface area (Å²) in [7, 11) is 0. The van der Waals surface area contributed by atoms with E-state index in [1.54, 1.807) is 6.92 Å². The van der Waals surface area contributed by atoms with Gasteiger partial charge in [0.1, 0.15) is 0 Å². The molecule has 0 saturated carbocycles. The number of ketones is 1. The molecule has 0 aliphatic heterocycles. The van der Waals surface area contributed by atoms with E-state index in [0.29, 0.717) is 13.1 Å². The summed E-state index contributed by atoms with van der Waals surface area (Å²) in [6.07, 6.45) is 13.1. The second-order valence-corrected chi connectivity index (χ2v) is 9.28. The van der Waals surface area contributed by atoms with Gasteiger partial charge in [0.05, 0.1) is 12.6 Å². The molecule has 0 rings (SSSR count). The van der Waals surface area contributed by atoms with Crippen molar-refractivity contribution < 1.29 is 19.1 Å². The number of hydrogen-bond donors (Lipinski definition) is 1. The van der Waals surface area contributed by atoms with E-state index in [1.807, 2.05) is 53.3 Å². The van der Waals surface area contributed by atoms with Gasteiger partial charge in [0.25, 0.3) is 6.47 Å². The lowest BCUT2D eigenvalue weighted by Gasteiger charge is -2.20. The molecule has 0 spiro atoms. The zero-order chi connectivity index (χ0) is 29.7. The van der Waals surface area contributed by atoms with Crippen LogP contribution in [0.4, 0.5) is 0 Å². The summed E-state index contributed by atoms with van der Waals surface area (Å²) in [4.78, 5) is 33.7. The van der Waals surface area contributed by atoms with Crippen molar-refractivity contribution in [3.05, 3.63) is 0 Å². The molecule has 37 heavy (non-hydrogen) atoms. The van der Waals surface area contributed by atoms with E-state index >= 15 is 0 Å². The Bertz CT molecular complexity index is 433. The van der Waals surface area contributed by atoms with Crippen LogP contribution in [0, 0.1) is 5.92 Å². The summed E-state index contributed by atoms with van der Waals surface area (Å²) in [5.41, 5.74) is 0. The molecule has 6 heteroatoms. The van der Waals surface area contributed by atoms with Crippen molar-refractivity contribution in [2.45, 2.75) is 159 Å². The Morgan fingerprint density at radius 3 is 1.73 bits per heavy atom. The largest absolute Gasteiger partial charge is 0.468 e. The second-order valence-electron chi connectivity index (χ2n) is 8.06. The van der Waals surface area contributed by atoms with Gasteiger partial charge in [0, 0.05) is 5.92 Å². The molecule has 0 aromatic rings. The monoisotopic (exact) mass is 549 g/mol. The first-order valence-electron chi connectivity index (χ1n) is 15.4. The maximum absolute atomic E-state index is 12.4. The van der Waals surface area contributed by atoms with Gasteiger partial charge in [-0.3, -0.25) is 14.4 Å². The third-order valence-electron chi connectivity index (χ3n) is 5.16. The van der Waals surface area contributed by atoms with Crippen LogP contribution in [0.5, 0.6) is 0 Å². The van der Waals surface area contributed by atoms with Crippen LogP contribution in [0.25, 0.3) is 0 Å². The lowest BCUT2D eigenvalue weighted by Crippen LogP contribution is -2.43. The Balaban J connectivity index is -0.000000189. The normalized spacial score (nSPS) is 10.8. The van der Waals surface area contributed by atoms with E-state index in [1.165, 1.54) is 38.5 Å². The van der Waals surface area contributed by atoms with E-state index in [9.17, 15) is 14.4 Å². The van der Waals surface area contributed by atoms with E-state index in [0.717, 1.165) is 50.0 Å². The molecule has 226 valence electrons. The summed E-state index contributed by atoms with van der Waals surface area (Å²) >= 11 is 1.86. The fraction of sp³-hybridized carbons (Fsp3) is 0.903. The number of carbonyl (C=O) groups excluding carboxylic acids is 3. The fourth-order valence-electron chi connectivity index (χ4n) is 3.11. The smallest absolute Gasteiger partial charge is 0.293 e. The molecule has 0 heterocycles. The van der Waals surface area contributed by atoms with Gasteiger partial charge < -0.3 is 10.1 Å². The molecule has 0 fully saturated rings. The predicted octanol–water partition coefficient (Wildman–Crippen LogP) is 9.41. The number of carbonyl (C=O) groups is 3. The van der Waals surface area contributed by atoms with Gasteiger partial charge in [0.2, 0.25) is 5.91 Å². The zero-order valence-electron chi connectivity index (χ0n) is 26.9. The van der Waals surface area contributed by atoms with Crippen LogP contribution < -0.4 is 5.32 Å². The first-order chi connectivity index (χ1) is 18.0. The number of Topliss-reactive ketones (excluding diaryl/α,β-unsaturated/α-hetero) is 1. The molecular weight excluding hydrogens is 482 g/mol. The number of unbranched alkanes of at least 4 members (excludes halogenated alkanes) is 6. The molecule has 0 radical (unpaired) electrons. The van der Waals surface area contributed by atoms with E-state index < -0.39 is 0 Å². The third kappa shape index (κ3) is 39.6.